The fraction of sp³-hybridized carbons (Fsp3) is 0.312. The number of hydrogen-bond acceptors (Lipinski definition) is 5. The van der Waals surface area contributed by atoms with Crippen molar-refractivity contribution >= 4 is 6.09 Å². The second-order valence-corrected chi connectivity index (χ2v) is 5.35. The van der Waals surface area contributed by atoms with Crippen molar-refractivity contribution in [3.8, 4) is 11.8 Å². The Morgan fingerprint density at radius 2 is 1.83 bits per heavy atom. The van der Waals surface area contributed by atoms with Gasteiger partial charge in [-0.1, -0.05) is 30.3 Å². The normalized spacial score (nSPS) is 17.4. The molecule has 3 rings (SSSR count). The van der Waals surface area contributed by atoms with Crippen LogP contribution in [-0.4, -0.2) is 45.1 Å². The number of aromatic nitrogens is 1. The first kappa shape index (κ1) is 15.2. The Kier molecular flexibility index (Phi) is 4.38. The highest BCUT2D eigenvalue weighted by Gasteiger charge is 2.29. The van der Waals surface area contributed by atoms with Crippen molar-refractivity contribution in [1.29, 1.82) is 0 Å². The van der Waals surface area contributed by atoms with Crippen LogP contribution in [0.5, 0.6) is 11.8 Å². The third-order valence-electron chi connectivity index (χ3n) is 3.70. The van der Waals surface area contributed by atoms with Crippen LogP contribution in [0.1, 0.15) is 12.0 Å². The highest BCUT2D eigenvalue weighted by atomic mass is 16.7. The number of amides is 1. The Bertz CT molecular complexity index is 651. The van der Waals surface area contributed by atoms with Gasteiger partial charge in [-0.25, -0.2) is 4.79 Å². The van der Waals surface area contributed by atoms with Crippen molar-refractivity contribution < 1.29 is 24.6 Å². The van der Waals surface area contributed by atoms with E-state index in [9.17, 15) is 15.0 Å². The van der Waals surface area contributed by atoms with Gasteiger partial charge in [-0.2, -0.15) is 0 Å². The molecule has 0 saturated carbocycles. The third kappa shape index (κ3) is 3.57. The average molecular weight is 318 g/mol. The highest BCUT2D eigenvalue weighted by Crippen LogP contribution is 2.20. The predicted molar refractivity (Wildman–Crippen MR) is 80.9 cm³/mol. The molecule has 1 aliphatic rings. The number of benzene rings is 1. The van der Waals surface area contributed by atoms with E-state index < -0.39 is 6.09 Å². The van der Waals surface area contributed by atoms with Gasteiger partial charge in [-0.3, -0.25) is 0 Å². The summed E-state index contributed by atoms with van der Waals surface area (Å²) >= 11 is 0. The van der Waals surface area contributed by atoms with E-state index in [1.807, 2.05) is 30.3 Å². The maximum Gasteiger partial charge on any atom is 0.434 e. The van der Waals surface area contributed by atoms with Crippen LogP contribution in [0.3, 0.4) is 0 Å². The van der Waals surface area contributed by atoms with Gasteiger partial charge in [-0.15, -0.1) is 4.73 Å². The van der Waals surface area contributed by atoms with E-state index in [-0.39, 0.29) is 17.9 Å². The van der Waals surface area contributed by atoms with Crippen LogP contribution in [0.25, 0.3) is 0 Å². The monoisotopic (exact) mass is 318 g/mol. The molecule has 0 unspecified atom stereocenters. The fourth-order valence-corrected chi connectivity index (χ4v) is 2.45. The summed E-state index contributed by atoms with van der Waals surface area (Å²) < 4.78 is 6.48. The van der Waals surface area contributed by atoms with Crippen LogP contribution in [0.2, 0.25) is 0 Å². The number of hydrogen-bond donors (Lipinski definition) is 2. The minimum absolute atomic E-state index is 0.0605. The van der Waals surface area contributed by atoms with Crippen LogP contribution >= 0.6 is 0 Å². The molecule has 0 radical (unpaired) electrons. The largest absolute Gasteiger partial charge is 0.492 e. The van der Waals surface area contributed by atoms with E-state index in [0.717, 1.165) is 5.56 Å². The summed E-state index contributed by atoms with van der Waals surface area (Å²) in [5.74, 6) is -0.682. The van der Waals surface area contributed by atoms with Gasteiger partial charge in [0.05, 0.1) is 19.3 Å². The lowest BCUT2D eigenvalue weighted by atomic mass is 10.2. The molecule has 2 N–H and O–H groups in total. The van der Waals surface area contributed by atoms with Crippen molar-refractivity contribution in [2.24, 2.45) is 0 Å². The zero-order chi connectivity index (χ0) is 16.2. The van der Waals surface area contributed by atoms with E-state index in [0.29, 0.717) is 30.8 Å². The van der Waals surface area contributed by atoms with Gasteiger partial charge in [0.15, 0.2) is 0 Å². The minimum atomic E-state index is -0.641. The lowest BCUT2D eigenvalue weighted by Gasteiger charge is -2.17. The lowest BCUT2D eigenvalue weighted by Crippen LogP contribution is -2.36. The zero-order valence-electron chi connectivity index (χ0n) is 12.5. The molecule has 0 bridgehead atoms. The molecule has 2 heterocycles. The van der Waals surface area contributed by atoms with Crippen molar-refractivity contribution in [1.82, 2.24) is 9.63 Å². The van der Waals surface area contributed by atoms with Gasteiger partial charge in [0, 0.05) is 18.7 Å². The molecule has 122 valence electrons. The van der Waals surface area contributed by atoms with Crippen molar-refractivity contribution in [2.45, 2.75) is 19.1 Å². The summed E-state index contributed by atoms with van der Waals surface area (Å²) in [5, 5.41) is 18.9. The molecule has 1 aromatic carbocycles. The third-order valence-corrected chi connectivity index (χ3v) is 3.70. The smallest absolute Gasteiger partial charge is 0.434 e. The summed E-state index contributed by atoms with van der Waals surface area (Å²) in [4.78, 5) is 18.5. The second-order valence-electron chi connectivity index (χ2n) is 5.35. The van der Waals surface area contributed by atoms with E-state index in [1.54, 1.807) is 0 Å². The van der Waals surface area contributed by atoms with Crippen LogP contribution in [0, 0.1) is 0 Å². The maximum absolute atomic E-state index is 12.0. The summed E-state index contributed by atoms with van der Waals surface area (Å²) in [7, 11) is 0. The number of ether oxygens (including phenoxy) is 1. The van der Waals surface area contributed by atoms with E-state index in [1.165, 1.54) is 17.0 Å². The fourth-order valence-electron chi connectivity index (χ4n) is 2.45. The molecule has 7 nitrogen and oxygen atoms in total. The molecule has 1 fully saturated rings. The Morgan fingerprint density at radius 1 is 1.13 bits per heavy atom. The molecule has 1 saturated heterocycles. The first-order chi connectivity index (χ1) is 11.1. The Balaban J connectivity index is 1.50. The van der Waals surface area contributed by atoms with Crippen LogP contribution < -0.4 is 4.84 Å². The van der Waals surface area contributed by atoms with Gasteiger partial charge in [0.1, 0.15) is 0 Å². The summed E-state index contributed by atoms with van der Waals surface area (Å²) in [5.41, 5.74) is 1.08. The molecular weight excluding hydrogens is 300 g/mol. The maximum atomic E-state index is 12.0. The van der Waals surface area contributed by atoms with E-state index in [2.05, 4.69) is 0 Å². The standard InChI is InChI=1S/C16H18N2O5/c19-14-6-7-15(20)18(14)23-16(21)17-9-8-13(10-17)22-11-12-4-2-1-3-5-12/h1-7,13,19-20H,8-11H2/t13-/m1/s1. The van der Waals surface area contributed by atoms with Crippen LogP contribution in [-0.2, 0) is 11.3 Å². The average Bonchev–Trinajstić information content (AvgIpc) is 3.16. The number of nitrogens with zero attached hydrogens (tertiary/aromatic N) is 2. The lowest BCUT2D eigenvalue weighted by molar-refractivity contribution is 0.0407. The molecule has 1 aliphatic heterocycles. The Labute approximate surface area is 133 Å². The molecule has 1 atom stereocenters. The first-order valence-electron chi connectivity index (χ1n) is 7.36. The summed E-state index contributed by atoms with van der Waals surface area (Å²) in [6.07, 6.45) is 0.0122. The van der Waals surface area contributed by atoms with Crippen molar-refractivity contribution in [3.63, 3.8) is 0 Å². The van der Waals surface area contributed by atoms with Gasteiger partial charge >= 0.3 is 6.09 Å². The number of carbonyl (C=O) groups excluding carboxylic acids is 1. The molecule has 1 aromatic heterocycles. The Hall–Kier alpha value is -2.67. The minimum Gasteiger partial charge on any atom is -0.492 e. The summed E-state index contributed by atoms with van der Waals surface area (Å²) in [6.45, 7) is 1.41. The van der Waals surface area contributed by atoms with Gasteiger partial charge < -0.3 is 24.7 Å². The summed E-state index contributed by atoms with van der Waals surface area (Å²) in [6, 6.07) is 12.3. The number of carbonyl (C=O) groups is 1. The van der Waals surface area contributed by atoms with Crippen LogP contribution in [0.4, 0.5) is 4.79 Å². The van der Waals surface area contributed by atoms with Gasteiger partial charge in [0.25, 0.3) is 0 Å². The van der Waals surface area contributed by atoms with Gasteiger partial charge in [-0.05, 0) is 12.0 Å². The molecule has 1 amide bonds. The van der Waals surface area contributed by atoms with E-state index >= 15 is 0 Å². The number of aromatic hydroxyl groups is 2. The quantitative estimate of drug-likeness (QED) is 0.897. The SMILES string of the molecule is O=C(On1c(O)ccc1O)N1CC[C@@H](OCc2ccccc2)C1. The number of rotatable bonds is 4. The molecular formula is C16H18N2O5. The molecule has 2 aromatic rings. The molecule has 7 heteroatoms. The molecule has 0 spiro atoms. The van der Waals surface area contributed by atoms with Gasteiger partial charge in [0.2, 0.25) is 11.8 Å². The van der Waals surface area contributed by atoms with Crippen LogP contribution in [0.15, 0.2) is 42.5 Å². The zero-order valence-corrected chi connectivity index (χ0v) is 12.5. The Morgan fingerprint density at radius 3 is 2.52 bits per heavy atom. The first-order valence-corrected chi connectivity index (χ1v) is 7.36. The van der Waals surface area contributed by atoms with Crippen molar-refractivity contribution in [2.75, 3.05) is 13.1 Å². The van der Waals surface area contributed by atoms with Crippen molar-refractivity contribution in [3.05, 3.63) is 48.0 Å². The second kappa shape index (κ2) is 6.62. The topological polar surface area (TPSA) is 84.2 Å². The highest BCUT2D eigenvalue weighted by molar-refractivity contribution is 5.68. The number of likely N-dealkylation sites (tertiary alicyclic amines) is 1. The van der Waals surface area contributed by atoms with E-state index in [4.69, 9.17) is 9.57 Å². The molecule has 0 aliphatic carbocycles. The molecule has 23 heavy (non-hydrogen) atoms. The predicted octanol–water partition coefficient (Wildman–Crippen LogP) is 1.74.